The third kappa shape index (κ3) is 3.80. The van der Waals surface area contributed by atoms with Crippen LogP contribution in [0.15, 0.2) is 22.7 Å². The van der Waals surface area contributed by atoms with Gasteiger partial charge in [-0.25, -0.2) is 0 Å². The molecule has 1 aliphatic heterocycles. The van der Waals surface area contributed by atoms with Gasteiger partial charge in [0.15, 0.2) is 0 Å². The number of rotatable bonds is 3. The van der Waals surface area contributed by atoms with E-state index in [1.54, 1.807) is 0 Å². The van der Waals surface area contributed by atoms with Gasteiger partial charge in [-0.3, -0.25) is 4.79 Å². The van der Waals surface area contributed by atoms with E-state index in [0.29, 0.717) is 6.04 Å². The van der Waals surface area contributed by atoms with Crippen molar-refractivity contribution in [2.45, 2.75) is 39.2 Å². The molecule has 0 saturated carbocycles. The molecular formula is C15H21BrN2O. The van der Waals surface area contributed by atoms with Crippen LogP contribution in [0.4, 0.5) is 5.69 Å². The van der Waals surface area contributed by atoms with Crippen molar-refractivity contribution in [3.05, 3.63) is 28.2 Å². The van der Waals surface area contributed by atoms with Gasteiger partial charge < -0.3 is 10.6 Å². The second-order valence-corrected chi connectivity index (χ2v) is 6.14. The highest BCUT2D eigenvalue weighted by molar-refractivity contribution is 9.10. The van der Waals surface area contributed by atoms with E-state index in [4.69, 9.17) is 0 Å². The first-order chi connectivity index (χ1) is 9.10. The first-order valence-electron chi connectivity index (χ1n) is 6.92. The maximum atomic E-state index is 12.3. The first kappa shape index (κ1) is 14.5. The highest BCUT2D eigenvalue weighted by atomic mass is 79.9. The Morgan fingerprint density at radius 3 is 3.00 bits per heavy atom. The molecule has 1 saturated heterocycles. The molecule has 2 rings (SSSR count). The average Bonchev–Trinajstić information content (AvgIpc) is 2.40. The zero-order valence-corrected chi connectivity index (χ0v) is 13.1. The van der Waals surface area contributed by atoms with E-state index in [1.807, 2.05) is 12.1 Å². The van der Waals surface area contributed by atoms with E-state index in [-0.39, 0.29) is 11.8 Å². The maximum absolute atomic E-state index is 12.3. The fourth-order valence-corrected chi connectivity index (χ4v) is 2.99. The van der Waals surface area contributed by atoms with E-state index in [1.165, 1.54) is 5.56 Å². The van der Waals surface area contributed by atoms with Gasteiger partial charge in [0, 0.05) is 22.1 Å². The SMILES string of the molecule is CCc1cc(Br)ccc1NC(=O)C1CCNC(C)C1. The number of carbonyl (C=O) groups excluding carboxylic acids is 1. The number of anilines is 1. The number of carbonyl (C=O) groups is 1. The molecule has 0 spiro atoms. The van der Waals surface area contributed by atoms with Crippen LogP contribution in [-0.4, -0.2) is 18.5 Å². The van der Waals surface area contributed by atoms with Gasteiger partial charge in [0.2, 0.25) is 5.91 Å². The van der Waals surface area contributed by atoms with Gasteiger partial charge in [-0.1, -0.05) is 22.9 Å². The summed E-state index contributed by atoms with van der Waals surface area (Å²) >= 11 is 3.47. The number of nitrogens with one attached hydrogen (secondary N) is 2. The summed E-state index contributed by atoms with van der Waals surface area (Å²) in [4.78, 5) is 12.3. The Hall–Kier alpha value is -0.870. The van der Waals surface area contributed by atoms with Gasteiger partial charge in [0.05, 0.1) is 0 Å². The molecule has 2 N–H and O–H groups in total. The Morgan fingerprint density at radius 1 is 1.53 bits per heavy atom. The predicted molar refractivity (Wildman–Crippen MR) is 82.3 cm³/mol. The fourth-order valence-electron chi connectivity index (χ4n) is 2.58. The Morgan fingerprint density at radius 2 is 2.32 bits per heavy atom. The lowest BCUT2D eigenvalue weighted by molar-refractivity contribution is -0.120. The van der Waals surface area contributed by atoms with Gasteiger partial charge in [-0.15, -0.1) is 0 Å². The van der Waals surface area contributed by atoms with E-state index < -0.39 is 0 Å². The minimum Gasteiger partial charge on any atom is -0.326 e. The van der Waals surface area contributed by atoms with Gasteiger partial charge in [0.1, 0.15) is 0 Å². The van der Waals surface area contributed by atoms with Crippen molar-refractivity contribution in [2.24, 2.45) is 5.92 Å². The first-order valence-corrected chi connectivity index (χ1v) is 7.72. The van der Waals surface area contributed by atoms with Crippen LogP contribution in [-0.2, 0) is 11.2 Å². The number of halogens is 1. The van der Waals surface area contributed by atoms with Crippen molar-refractivity contribution in [3.8, 4) is 0 Å². The molecule has 1 aliphatic rings. The molecule has 104 valence electrons. The smallest absolute Gasteiger partial charge is 0.227 e. The Balaban J connectivity index is 2.06. The minimum absolute atomic E-state index is 0.129. The highest BCUT2D eigenvalue weighted by Gasteiger charge is 2.24. The van der Waals surface area contributed by atoms with Crippen molar-refractivity contribution in [1.82, 2.24) is 5.32 Å². The number of aryl methyl sites for hydroxylation is 1. The molecule has 0 aliphatic carbocycles. The summed E-state index contributed by atoms with van der Waals surface area (Å²) in [5.74, 6) is 0.287. The predicted octanol–water partition coefficient (Wildman–Crippen LogP) is 3.34. The molecule has 4 heteroatoms. The van der Waals surface area contributed by atoms with E-state index >= 15 is 0 Å². The van der Waals surface area contributed by atoms with Crippen LogP contribution in [0.3, 0.4) is 0 Å². The molecule has 19 heavy (non-hydrogen) atoms. The monoisotopic (exact) mass is 324 g/mol. The van der Waals surface area contributed by atoms with Crippen LogP contribution in [0.25, 0.3) is 0 Å². The number of amides is 1. The molecule has 1 aromatic carbocycles. The second-order valence-electron chi connectivity index (χ2n) is 5.22. The summed E-state index contributed by atoms with van der Waals surface area (Å²) in [5.41, 5.74) is 2.12. The Labute approximate surface area is 123 Å². The molecule has 0 aromatic heterocycles. The van der Waals surface area contributed by atoms with E-state index in [2.05, 4.69) is 46.5 Å². The summed E-state index contributed by atoms with van der Waals surface area (Å²) in [7, 11) is 0. The lowest BCUT2D eigenvalue weighted by Crippen LogP contribution is -2.40. The molecule has 1 aromatic rings. The zero-order chi connectivity index (χ0) is 13.8. The molecule has 2 atom stereocenters. The zero-order valence-electron chi connectivity index (χ0n) is 11.5. The van der Waals surface area contributed by atoms with Crippen LogP contribution in [0.2, 0.25) is 0 Å². The summed E-state index contributed by atoms with van der Waals surface area (Å²) in [6, 6.07) is 6.45. The highest BCUT2D eigenvalue weighted by Crippen LogP contribution is 2.24. The molecule has 0 bridgehead atoms. The lowest BCUT2D eigenvalue weighted by atomic mass is 9.92. The van der Waals surface area contributed by atoms with Crippen molar-refractivity contribution in [1.29, 1.82) is 0 Å². The van der Waals surface area contributed by atoms with Gasteiger partial charge >= 0.3 is 0 Å². The lowest BCUT2D eigenvalue weighted by Gasteiger charge is -2.27. The third-order valence-corrected chi connectivity index (χ3v) is 4.19. The fraction of sp³-hybridized carbons (Fsp3) is 0.533. The minimum atomic E-state index is 0.129. The molecule has 0 radical (unpaired) electrons. The molecule has 1 fully saturated rings. The van der Waals surface area contributed by atoms with Crippen molar-refractivity contribution >= 4 is 27.5 Å². The Kier molecular flexibility index (Phi) is 4.99. The standard InChI is InChI=1S/C15H21BrN2O/c1-3-11-9-13(16)4-5-14(11)18-15(19)12-6-7-17-10(2)8-12/h4-5,9-10,12,17H,3,6-8H2,1-2H3,(H,18,19). The van der Waals surface area contributed by atoms with Crippen LogP contribution in [0.1, 0.15) is 32.3 Å². The van der Waals surface area contributed by atoms with Gasteiger partial charge in [-0.2, -0.15) is 0 Å². The number of benzene rings is 1. The van der Waals surface area contributed by atoms with Crippen LogP contribution in [0, 0.1) is 5.92 Å². The quantitative estimate of drug-likeness (QED) is 0.895. The topological polar surface area (TPSA) is 41.1 Å². The largest absolute Gasteiger partial charge is 0.326 e. The normalized spacial score (nSPS) is 23.1. The molecular weight excluding hydrogens is 304 g/mol. The summed E-state index contributed by atoms with van der Waals surface area (Å²) < 4.78 is 1.05. The molecule has 3 nitrogen and oxygen atoms in total. The second kappa shape index (κ2) is 6.53. The van der Waals surface area contributed by atoms with E-state index in [9.17, 15) is 4.79 Å². The average molecular weight is 325 g/mol. The van der Waals surface area contributed by atoms with Crippen LogP contribution in [0.5, 0.6) is 0 Å². The van der Waals surface area contributed by atoms with Crippen LogP contribution >= 0.6 is 15.9 Å². The third-order valence-electron chi connectivity index (χ3n) is 3.70. The van der Waals surface area contributed by atoms with Gasteiger partial charge in [0.25, 0.3) is 0 Å². The van der Waals surface area contributed by atoms with Gasteiger partial charge in [-0.05, 0) is 56.5 Å². The summed E-state index contributed by atoms with van der Waals surface area (Å²) in [6.07, 6.45) is 2.76. The van der Waals surface area contributed by atoms with E-state index in [0.717, 1.165) is 36.0 Å². The maximum Gasteiger partial charge on any atom is 0.227 e. The number of hydrogen-bond acceptors (Lipinski definition) is 2. The van der Waals surface area contributed by atoms with Crippen molar-refractivity contribution in [2.75, 3.05) is 11.9 Å². The summed E-state index contributed by atoms with van der Waals surface area (Å²) in [6.45, 7) is 5.17. The Bertz CT molecular complexity index is 461. The summed E-state index contributed by atoms with van der Waals surface area (Å²) in [5, 5.41) is 6.47. The molecule has 2 unspecified atom stereocenters. The van der Waals surface area contributed by atoms with Crippen molar-refractivity contribution < 1.29 is 4.79 Å². The van der Waals surface area contributed by atoms with Crippen LogP contribution < -0.4 is 10.6 Å². The molecule has 1 heterocycles. The van der Waals surface area contributed by atoms with Crippen molar-refractivity contribution in [3.63, 3.8) is 0 Å². The number of piperidine rings is 1. The number of hydrogen-bond donors (Lipinski definition) is 2. The molecule has 1 amide bonds.